The summed E-state index contributed by atoms with van der Waals surface area (Å²) >= 11 is 1.25. The normalized spacial score (nSPS) is 16.9. The van der Waals surface area contributed by atoms with E-state index in [9.17, 15) is 19.2 Å². The fourth-order valence-corrected chi connectivity index (χ4v) is 3.92. The molecule has 2 atom stereocenters. The van der Waals surface area contributed by atoms with Crippen LogP contribution in [-0.4, -0.2) is 63.9 Å². The Bertz CT molecular complexity index is 900. The van der Waals surface area contributed by atoms with E-state index in [0.717, 1.165) is 0 Å². The van der Waals surface area contributed by atoms with Gasteiger partial charge in [0.2, 0.25) is 17.7 Å². The minimum absolute atomic E-state index is 0.179. The molecule has 0 aliphatic carbocycles. The number of hydrogen-bond acceptors (Lipinski definition) is 7. The summed E-state index contributed by atoms with van der Waals surface area (Å²) in [4.78, 5) is 54.6. The topological polar surface area (TPSA) is 143 Å². The first-order valence-electron chi connectivity index (χ1n) is 10.6. The molecule has 1 aromatic carbocycles. The molecule has 0 saturated carbocycles. The van der Waals surface area contributed by atoms with Crippen molar-refractivity contribution in [3.63, 3.8) is 0 Å². The van der Waals surface area contributed by atoms with E-state index >= 15 is 0 Å². The van der Waals surface area contributed by atoms with Crippen LogP contribution in [0.3, 0.4) is 0 Å². The summed E-state index contributed by atoms with van der Waals surface area (Å²) in [7, 11) is 0. The number of alkyl carbamates (subject to hydrolysis) is 1. The molecule has 1 aliphatic rings. The Balaban J connectivity index is 1.94. The van der Waals surface area contributed by atoms with Gasteiger partial charge in [0.15, 0.2) is 5.17 Å². The number of hydrogen-bond donors (Lipinski definition) is 3. The number of amides is 4. The van der Waals surface area contributed by atoms with Crippen molar-refractivity contribution >= 4 is 46.4 Å². The highest BCUT2D eigenvalue weighted by molar-refractivity contribution is 8.15. The molecular weight excluding hydrogens is 446 g/mol. The number of carbonyl (C=O) groups is 4. The first-order chi connectivity index (χ1) is 15.5. The van der Waals surface area contributed by atoms with Crippen LogP contribution in [0.2, 0.25) is 0 Å². The minimum atomic E-state index is -0.944. The highest BCUT2D eigenvalue weighted by Crippen LogP contribution is 2.25. The fraction of sp³-hybridized carbons (Fsp3) is 0.500. The van der Waals surface area contributed by atoms with Crippen LogP contribution in [-0.2, 0) is 19.1 Å². The Labute approximate surface area is 197 Å². The Kier molecular flexibility index (Phi) is 9.27. The number of nitrogens with one attached hydrogen (secondary N) is 2. The van der Waals surface area contributed by atoms with Crippen LogP contribution in [0.4, 0.5) is 10.5 Å². The molecule has 1 saturated heterocycles. The molecule has 0 unspecified atom stereocenters. The highest BCUT2D eigenvalue weighted by Gasteiger charge is 2.36. The molecule has 4 amide bonds. The molecule has 11 heteroatoms. The predicted octanol–water partition coefficient (Wildman–Crippen LogP) is 1.91. The predicted molar refractivity (Wildman–Crippen MR) is 127 cm³/mol. The van der Waals surface area contributed by atoms with Gasteiger partial charge in [-0.3, -0.25) is 19.3 Å². The van der Waals surface area contributed by atoms with E-state index < -0.39 is 35.6 Å². The van der Waals surface area contributed by atoms with E-state index in [1.807, 2.05) is 18.2 Å². The number of para-hydroxylation sites is 1. The summed E-state index contributed by atoms with van der Waals surface area (Å²) in [6.45, 7) is 7.09. The zero-order chi connectivity index (χ0) is 24.6. The number of ether oxygens (including phenoxy) is 1. The Morgan fingerprint density at radius 3 is 2.52 bits per heavy atom. The SMILES string of the molecule is C[C@@H](C(=O)N[C@@H](CCCNC(=O)OC(C)(C)C)C(N)=O)N1C(=O)CSC1=Nc1ccccc1. The van der Waals surface area contributed by atoms with Crippen molar-refractivity contribution in [2.75, 3.05) is 12.3 Å². The second kappa shape index (κ2) is 11.7. The van der Waals surface area contributed by atoms with Gasteiger partial charge < -0.3 is 21.1 Å². The standard InChI is InChI=1S/C22H31N5O5S/c1-14(27-17(28)13-33-20(27)25-15-9-6-5-7-10-15)19(30)26-16(18(23)29)11-8-12-24-21(31)32-22(2,3)4/h5-7,9-10,14,16H,8,11-13H2,1-4H3,(H2,23,29)(H,24,31)(H,26,30)/t14-,16-/m0/s1. The van der Waals surface area contributed by atoms with Gasteiger partial charge in [-0.25, -0.2) is 9.79 Å². The average molecular weight is 478 g/mol. The van der Waals surface area contributed by atoms with Gasteiger partial charge in [0.25, 0.3) is 0 Å². The maximum Gasteiger partial charge on any atom is 0.407 e. The molecule has 180 valence electrons. The summed E-state index contributed by atoms with van der Waals surface area (Å²) in [5.41, 5.74) is 5.50. The van der Waals surface area contributed by atoms with Gasteiger partial charge in [0.1, 0.15) is 17.7 Å². The first kappa shape index (κ1) is 26.2. The van der Waals surface area contributed by atoms with Crippen LogP contribution in [0.5, 0.6) is 0 Å². The van der Waals surface area contributed by atoms with Crippen LogP contribution in [0.15, 0.2) is 35.3 Å². The van der Waals surface area contributed by atoms with E-state index in [1.165, 1.54) is 16.7 Å². The number of amidine groups is 1. The van der Waals surface area contributed by atoms with Crippen molar-refractivity contribution < 1.29 is 23.9 Å². The number of nitrogens with zero attached hydrogens (tertiary/aromatic N) is 2. The number of thioether (sulfide) groups is 1. The van der Waals surface area contributed by atoms with Gasteiger partial charge in [0.05, 0.1) is 11.4 Å². The van der Waals surface area contributed by atoms with Crippen LogP contribution in [0, 0.1) is 0 Å². The number of nitrogens with two attached hydrogens (primary N) is 1. The molecule has 10 nitrogen and oxygen atoms in total. The fourth-order valence-electron chi connectivity index (χ4n) is 2.96. The third kappa shape index (κ3) is 8.41. The van der Waals surface area contributed by atoms with E-state index in [-0.39, 0.29) is 24.6 Å². The smallest absolute Gasteiger partial charge is 0.407 e. The maximum atomic E-state index is 12.8. The van der Waals surface area contributed by atoms with Crippen molar-refractivity contribution in [1.29, 1.82) is 0 Å². The molecule has 2 rings (SSSR count). The summed E-state index contributed by atoms with van der Waals surface area (Å²) in [5, 5.41) is 5.62. The summed E-state index contributed by atoms with van der Waals surface area (Å²) in [6, 6.07) is 7.29. The van der Waals surface area contributed by atoms with Crippen molar-refractivity contribution in [2.24, 2.45) is 10.7 Å². The van der Waals surface area contributed by atoms with E-state index in [2.05, 4.69) is 15.6 Å². The monoisotopic (exact) mass is 477 g/mol. The maximum absolute atomic E-state index is 12.8. The van der Waals surface area contributed by atoms with Crippen molar-refractivity contribution in [1.82, 2.24) is 15.5 Å². The third-order valence-electron chi connectivity index (χ3n) is 4.54. The van der Waals surface area contributed by atoms with E-state index in [4.69, 9.17) is 10.5 Å². The van der Waals surface area contributed by atoms with Crippen molar-refractivity contribution in [3.05, 3.63) is 30.3 Å². The zero-order valence-electron chi connectivity index (χ0n) is 19.3. The Morgan fingerprint density at radius 2 is 1.91 bits per heavy atom. The molecule has 0 bridgehead atoms. The van der Waals surface area contributed by atoms with Gasteiger partial charge in [0, 0.05) is 6.54 Å². The lowest BCUT2D eigenvalue weighted by Gasteiger charge is -2.25. The van der Waals surface area contributed by atoms with Crippen molar-refractivity contribution in [2.45, 2.75) is 58.2 Å². The van der Waals surface area contributed by atoms with Gasteiger partial charge in [-0.15, -0.1) is 0 Å². The average Bonchev–Trinajstić information content (AvgIpc) is 3.08. The second-order valence-corrected chi connectivity index (χ2v) is 9.44. The molecule has 1 aromatic rings. The van der Waals surface area contributed by atoms with Crippen LogP contribution in [0.25, 0.3) is 0 Å². The lowest BCUT2D eigenvalue weighted by Crippen LogP contribution is -2.53. The molecule has 33 heavy (non-hydrogen) atoms. The van der Waals surface area contributed by atoms with E-state index in [0.29, 0.717) is 17.3 Å². The van der Waals surface area contributed by atoms with Crippen molar-refractivity contribution in [3.8, 4) is 0 Å². The van der Waals surface area contributed by atoms with Gasteiger partial charge in [-0.05, 0) is 52.7 Å². The number of aliphatic imine (C=N–C) groups is 1. The van der Waals surface area contributed by atoms with Crippen LogP contribution >= 0.6 is 11.8 Å². The molecule has 1 fully saturated rings. The number of primary amides is 1. The van der Waals surface area contributed by atoms with Crippen LogP contribution in [0.1, 0.15) is 40.5 Å². The molecule has 1 heterocycles. The van der Waals surface area contributed by atoms with Gasteiger partial charge in [-0.2, -0.15) is 0 Å². The lowest BCUT2D eigenvalue weighted by molar-refractivity contribution is -0.134. The highest BCUT2D eigenvalue weighted by atomic mass is 32.2. The minimum Gasteiger partial charge on any atom is -0.444 e. The molecule has 1 aliphatic heterocycles. The second-order valence-electron chi connectivity index (χ2n) is 8.49. The quantitative estimate of drug-likeness (QED) is 0.464. The molecule has 0 aromatic heterocycles. The first-order valence-corrected chi connectivity index (χ1v) is 11.6. The largest absolute Gasteiger partial charge is 0.444 e. The third-order valence-corrected chi connectivity index (χ3v) is 5.48. The number of carbonyl (C=O) groups excluding carboxylic acids is 4. The van der Waals surface area contributed by atoms with Gasteiger partial charge >= 0.3 is 6.09 Å². The molecule has 0 spiro atoms. The van der Waals surface area contributed by atoms with E-state index in [1.54, 1.807) is 39.8 Å². The lowest BCUT2D eigenvalue weighted by atomic mass is 10.1. The van der Waals surface area contributed by atoms with Crippen LogP contribution < -0.4 is 16.4 Å². The number of rotatable bonds is 9. The molecule has 0 radical (unpaired) electrons. The van der Waals surface area contributed by atoms with Gasteiger partial charge in [-0.1, -0.05) is 30.0 Å². The summed E-state index contributed by atoms with van der Waals surface area (Å²) < 4.78 is 5.15. The zero-order valence-corrected chi connectivity index (χ0v) is 20.1. The Hall–Kier alpha value is -3.08. The summed E-state index contributed by atoms with van der Waals surface area (Å²) in [5.74, 6) is -1.28. The molecule has 4 N–H and O–H groups in total. The molecular formula is C22H31N5O5S. The summed E-state index contributed by atoms with van der Waals surface area (Å²) in [6.07, 6.45) is 0.0453. The Morgan fingerprint density at radius 1 is 1.24 bits per heavy atom. The number of benzene rings is 1.